The molecule has 6 aromatic rings. The average Bonchev–Trinajstić information content (AvgIpc) is 3.57. The molecule has 282 valence electrons. The van der Waals surface area contributed by atoms with Gasteiger partial charge in [-0.2, -0.15) is 0 Å². The lowest BCUT2D eigenvalue weighted by Crippen LogP contribution is -2.33. The van der Waals surface area contributed by atoms with E-state index in [1.165, 1.54) is 20.0 Å². The number of amides is 2. The fourth-order valence-electron chi connectivity index (χ4n) is 7.17. The Bertz CT molecular complexity index is 2510. The number of nitrogens with zero attached hydrogens (tertiary/aromatic N) is 5. The van der Waals surface area contributed by atoms with Crippen LogP contribution in [0.5, 0.6) is 5.75 Å². The van der Waals surface area contributed by atoms with Gasteiger partial charge in [-0.3, -0.25) is 14.5 Å². The Morgan fingerprint density at radius 3 is 2.38 bits per heavy atom. The van der Waals surface area contributed by atoms with Gasteiger partial charge in [0, 0.05) is 68.7 Å². The molecular weight excluding hydrogens is 713 g/mol. The second-order valence-electron chi connectivity index (χ2n) is 14.2. The van der Waals surface area contributed by atoms with Gasteiger partial charge in [0.05, 0.1) is 24.8 Å². The van der Waals surface area contributed by atoms with E-state index in [0.717, 1.165) is 46.7 Å². The van der Waals surface area contributed by atoms with Gasteiger partial charge in [0.2, 0.25) is 15.9 Å². The largest absolute Gasteiger partial charge is 0.497 e. The maximum atomic E-state index is 14.0. The van der Waals surface area contributed by atoms with E-state index in [0.29, 0.717) is 47.4 Å². The summed E-state index contributed by atoms with van der Waals surface area (Å²) in [5.41, 5.74) is 9.81. The number of nitrogens with one attached hydrogen (secondary N) is 1. The maximum absolute atomic E-state index is 14.0. The molecule has 0 bridgehead atoms. The van der Waals surface area contributed by atoms with Crippen molar-refractivity contribution in [3.63, 3.8) is 0 Å². The molecule has 0 saturated carbocycles. The molecular formula is C43H44N6O5S. The number of carbonyl (C=O) groups excluding carboxylic acids is 2. The van der Waals surface area contributed by atoms with Crippen LogP contribution in [0.2, 0.25) is 0 Å². The molecule has 2 aromatic heterocycles. The summed E-state index contributed by atoms with van der Waals surface area (Å²) < 4.78 is 34.4. The van der Waals surface area contributed by atoms with Crippen LogP contribution >= 0.6 is 0 Å². The lowest BCUT2D eigenvalue weighted by Gasteiger charge is -2.30. The summed E-state index contributed by atoms with van der Waals surface area (Å²) in [7, 11) is 1.14. The first-order valence-corrected chi connectivity index (χ1v) is 19.8. The van der Waals surface area contributed by atoms with Gasteiger partial charge >= 0.3 is 0 Å². The first kappa shape index (κ1) is 37.5. The molecule has 1 N–H and O–H groups in total. The highest BCUT2D eigenvalue weighted by atomic mass is 32.2. The van der Waals surface area contributed by atoms with Crippen molar-refractivity contribution >= 4 is 38.7 Å². The lowest BCUT2D eigenvalue weighted by molar-refractivity contribution is -0.116. The van der Waals surface area contributed by atoms with Gasteiger partial charge in [-0.05, 0) is 96.1 Å². The third-order valence-corrected chi connectivity index (χ3v) is 11.7. The fourth-order valence-corrected chi connectivity index (χ4v) is 8.58. The van der Waals surface area contributed by atoms with Gasteiger partial charge in [-0.15, -0.1) is 0 Å². The van der Waals surface area contributed by atoms with E-state index in [9.17, 15) is 18.0 Å². The average molecular weight is 757 g/mol. The minimum absolute atomic E-state index is 0.0490. The number of ether oxygens (including phenoxy) is 1. The van der Waals surface area contributed by atoms with Crippen LogP contribution < -0.4 is 10.1 Å². The fraction of sp³-hybridized carbons (Fsp3) is 0.256. The van der Waals surface area contributed by atoms with E-state index in [1.807, 2.05) is 61.5 Å². The van der Waals surface area contributed by atoms with Crippen LogP contribution in [0, 0.1) is 13.8 Å². The molecule has 0 atom stereocenters. The minimum atomic E-state index is -3.89. The third-order valence-electron chi connectivity index (χ3n) is 10.1. The van der Waals surface area contributed by atoms with Crippen molar-refractivity contribution in [2.24, 2.45) is 0 Å². The second kappa shape index (κ2) is 15.5. The number of carbonyl (C=O) groups is 2. The van der Waals surface area contributed by atoms with E-state index in [2.05, 4.69) is 29.3 Å². The lowest BCUT2D eigenvalue weighted by atomic mass is 9.92. The predicted octanol–water partition coefficient (Wildman–Crippen LogP) is 6.86. The van der Waals surface area contributed by atoms with E-state index in [1.54, 1.807) is 51.8 Å². The Morgan fingerprint density at radius 1 is 0.927 bits per heavy atom. The Morgan fingerprint density at radius 2 is 1.67 bits per heavy atom. The standard InChI is InChI=1S/C43H44N6O5S/c1-28-22-32(23-33-25-48(19-17-36(28)33)20-18-40(50)45-34-12-14-35(54-5)15-13-34)39-24-44-42-41(46-39)38(31-11-16-37(29(2)21-31)43(51)47(3)4)26-49(42)55(52,53)27-30-9-7-6-8-10-30/h6-16,21-24,26H,17-20,25,27H2,1-5H3,(H,45,50). The molecule has 55 heavy (non-hydrogen) atoms. The van der Waals surface area contributed by atoms with Crippen molar-refractivity contribution < 1.29 is 22.7 Å². The zero-order valence-electron chi connectivity index (χ0n) is 31.7. The van der Waals surface area contributed by atoms with Crippen molar-refractivity contribution in [1.82, 2.24) is 23.7 Å². The highest BCUT2D eigenvalue weighted by Gasteiger charge is 2.25. The van der Waals surface area contributed by atoms with Gasteiger partial charge in [0.25, 0.3) is 5.91 Å². The zero-order valence-corrected chi connectivity index (χ0v) is 32.5. The molecule has 1 aliphatic heterocycles. The molecule has 0 saturated heterocycles. The van der Waals surface area contributed by atoms with E-state index >= 15 is 0 Å². The minimum Gasteiger partial charge on any atom is -0.497 e. The second-order valence-corrected chi connectivity index (χ2v) is 16.1. The van der Waals surface area contributed by atoms with Crippen molar-refractivity contribution in [3.8, 4) is 28.1 Å². The Balaban J connectivity index is 1.20. The molecule has 12 heteroatoms. The molecule has 2 amide bonds. The van der Waals surface area contributed by atoms with Crippen molar-refractivity contribution in [1.29, 1.82) is 0 Å². The molecule has 3 heterocycles. The van der Waals surface area contributed by atoms with Crippen molar-refractivity contribution in [2.45, 2.75) is 39.0 Å². The molecule has 0 unspecified atom stereocenters. The monoisotopic (exact) mass is 756 g/mol. The van der Waals surface area contributed by atoms with Crippen LogP contribution in [0.1, 0.15) is 44.6 Å². The SMILES string of the molecule is COc1ccc(NC(=O)CCN2CCc3c(C)cc(-c4cnc5c(n4)c(-c4ccc(C(=O)N(C)C)c(C)c4)cn5S(=O)(=O)Cc4ccccc4)cc3C2)cc1. The van der Waals surface area contributed by atoms with Crippen LogP contribution in [0.25, 0.3) is 33.5 Å². The van der Waals surface area contributed by atoms with Crippen LogP contribution in [-0.2, 0) is 33.5 Å². The topological polar surface area (TPSA) is 127 Å². The first-order chi connectivity index (χ1) is 26.4. The maximum Gasteiger partial charge on any atom is 0.253 e. The number of hydrogen-bond acceptors (Lipinski definition) is 8. The van der Waals surface area contributed by atoms with Crippen molar-refractivity contribution in [2.75, 3.05) is 39.6 Å². The van der Waals surface area contributed by atoms with Gasteiger partial charge in [0.1, 0.15) is 11.3 Å². The Kier molecular flexibility index (Phi) is 10.5. The van der Waals surface area contributed by atoms with E-state index < -0.39 is 10.0 Å². The molecule has 0 aliphatic carbocycles. The number of anilines is 1. The summed E-state index contributed by atoms with van der Waals surface area (Å²) in [6, 6.07) is 26.1. The predicted molar refractivity (Wildman–Crippen MR) is 216 cm³/mol. The van der Waals surface area contributed by atoms with Gasteiger partial charge in [-0.25, -0.2) is 22.4 Å². The number of rotatable bonds is 11. The molecule has 0 spiro atoms. The highest BCUT2D eigenvalue weighted by molar-refractivity contribution is 7.89. The van der Waals surface area contributed by atoms with Gasteiger partial charge in [0.15, 0.2) is 5.65 Å². The first-order valence-electron chi connectivity index (χ1n) is 18.2. The molecule has 0 radical (unpaired) electrons. The molecule has 1 aliphatic rings. The number of aromatic nitrogens is 3. The Labute approximate surface area is 321 Å². The summed E-state index contributed by atoms with van der Waals surface area (Å²) in [5.74, 6) is 0.360. The van der Waals surface area contributed by atoms with Crippen molar-refractivity contribution in [3.05, 3.63) is 131 Å². The number of fused-ring (bicyclic) bond motifs is 2. The van der Waals surface area contributed by atoms with Crippen LogP contribution in [0.15, 0.2) is 97.3 Å². The van der Waals surface area contributed by atoms with E-state index in [4.69, 9.17) is 14.7 Å². The van der Waals surface area contributed by atoms with E-state index in [-0.39, 0.29) is 23.2 Å². The van der Waals surface area contributed by atoms with Crippen LogP contribution in [-0.4, -0.2) is 78.3 Å². The van der Waals surface area contributed by atoms with Gasteiger partial charge < -0.3 is 15.0 Å². The summed E-state index contributed by atoms with van der Waals surface area (Å²) in [5, 5.41) is 2.97. The number of methoxy groups -OCH3 is 1. The van der Waals surface area contributed by atoms with Crippen LogP contribution in [0.4, 0.5) is 5.69 Å². The summed E-state index contributed by atoms with van der Waals surface area (Å²) in [6.07, 6.45) is 4.45. The molecule has 11 nitrogen and oxygen atoms in total. The highest BCUT2D eigenvalue weighted by Crippen LogP contribution is 2.35. The molecule has 0 fully saturated rings. The summed E-state index contributed by atoms with van der Waals surface area (Å²) in [6.45, 7) is 6.12. The third kappa shape index (κ3) is 8.01. The summed E-state index contributed by atoms with van der Waals surface area (Å²) in [4.78, 5) is 39.3. The number of hydrogen-bond donors (Lipinski definition) is 1. The zero-order chi connectivity index (χ0) is 38.9. The number of aryl methyl sites for hydroxylation is 2. The quantitative estimate of drug-likeness (QED) is 0.152. The van der Waals surface area contributed by atoms with Crippen LogP contribution in [0.3, 0.4) is 0 Å². The molecule has 7 rings (SSSR count). The van der Waals surface area contributed by atoms with Gasteiger partial charge in [-0.1, -0.05) is 42.5 Å². The molecule has 4 aromatic carbocycles. The Hall–Kier alpha value is -5.85. The number of benzene rings is 4. The summed E-state index contributed by atoms with van der Waals surface area (Å²) >= 11 is 0. The smallest absolute Gasteiger partial charge is 0.253 e. The normalized spacial score (nSPS) is 13.0.